The maximum atomic E-state index is 9.19. The molecule has 0 spiro atoms. The smallest absolute Gasteiger partial charge is 0.0953 e. The largest absolute Gasteiger partial charge is 0.393 e. The standard InChI is InChI=1S/C9H20O2/c1-7(2)9(6-10,11-5)8(3)4/h7-8,10H,6H2,1-5H3. The van der Waals surface area contributed by atoms with Crippen molar-refractivity contribution in [2.75, 3.05) is 13.7 Å². The average molecular weight is 160 g/mol. The first-order valence-electron chi connectivity index (χ1n) is 4.17. The summed E-state index contributed by atoms with van der Waals surface area (Å²) >= 11 is 0. The van der Waals surface area contributed by atoms with Crippen LogP contribution in [0, 0.1) is 11.8 Å². The van der Waals surface area contributed by atoms with Crippen LogP contribution in [0.25, 0.3) is 0 Å². The van der Waals surface area contributed by atoms with E-state index in [1.807, 2.05) is 0 Å². The van der Waals surface area contributed by atoms with Crippen molar-refractivity contribution in [1.82, 2.24) is 0 Å². The summed E-state index contributed by atoms with van der Waals surface area (Å²) in [5, 5.41) is 9.19. The molecular weight excluding hydrogens is 140 g/mol. The fourth-order valence-electron chi connectivity index (χ4n) is 1.57. The summed E-state index contributed by atoms with van der Waals surface area (Å²) in [6, 6.07) is 0. The van der Waals surface area contributed by atoms with Crippen LogP contribution in [0.3, 0.4) is 0 Å². The van der Waals surface area contributed by atoms with Gasteiger partial charge in [0.1, 0.15) is 0 Å². The van der Waals surface area contributed by atoms with Crippen molar-refractivity contribution in [1.29, 1.82) is 0 Å². The van der Waals surface area contributed by atoms with Crippen LogP contribution in [0.4, 0.5) is 0 Å². The fourth-order valence-corrected chi connectivity index (χ4v) is 1.57. The van der Waals surface area contributed by atoms with Crippen molar-refractivity contribution in [3.05, 3.63) is 0 Å². The Morgan fingerprint density at radius 1 is 1.18 bits per heavy atom. The summed E-state index contributed by atoms with van der Waals surface area (Å²) in [4.78, 5) is 0. The van der Waals surface area contributed by atoms with E-state index >= 15 is 0 Å². The van der Waals surface area contributed by atoms with Gasteiger partial charge in [0.2, 0.25) is 0 Å². The normalized spacial score (nSPS) is 13.1. The maximum Gasteiger partial charge on any atom is 0.0953 e. The molecule has 0 amide bonds. The van der Waals surface area contributed by atoms with E-state index in [1.165, 1.54) is 0 Å². The van der Waals surface area contributed by atoms with Gasteiger partial charge in [0.25, 0.3) is 0 Å². The van der Waals surface area contributed by atoms with Crippen LogP contribution >= 0.6 is 0 Å². The van der Waals surface area contributed by atoms with Gasteiger partial charge >= 0.3 is 0 Å². The van der Waals surface area contributed by atoms with E-state index in [0.717, 1.165) is 0 Å². The van der Waals surface area contributed by atoms with E-state index in [0.29, 0.717) is 11.8 Å². The molecule has 0 aromatic rings. The van der Waals surface area contributed by atoms with Crippen LogP contribution in [0.1, 0.15) is 27.7 Å². The fraction of sp³-hybridized carbons (Fsp3) is 1.00. The van der Waals surface area contributed by atoms with Crippen molar-refractivity contribution >= 4 is 0 Å². The molecular formula is C9H20O2. The van der Waals surface area contributed by atoms with Gasteiger partial charge in [-0.15, -0.1) is 0 Å². The summed E-state index contributed by atoms with van der Waals surface area (Å²) in [5.74, 6) is 0.690. The molecule has 2 heteroatoms. The van der Waals surface area contributed by atoms with Gasteiger partial charge in [-0.1, -0.05) is 27.7 Å². The monoisotopic (exact) mass is 160 g/mol. The molecule has 0 fully saturated rings. The van der Waals surface area contributed by atoms with E-state index in [1.54, 1.807) is 7.11 Å². The Balaban J connectivity index is 4.46. The summed E-state index contributed by atoms with van der Waals surface area (Å²) in [6.45, 7) is 8.37. The second-order valence-corrected chi connectivity index (χ2v) is 3.63. The van der Waals surface area contributed by atoms with E-state index in [9.17, 15) is 5.11 Å². The topological polar surface area (TPSA) is 29.5 Å². The lowest BCUT2D eigenvalue weighted by Crippen LogP contribution is -2.46. The van der Waals surface area contributed by atoms with Gasteiger partial charge in [-0.05, 0) is 11.8 Å². The van der Waals surface area contributed by atoms with Gasteiger partial charge in [0.05, 0.1) is 12.2 Å². The summed E-state index contributed by atoms with van der Waals surface area (Å²) in [7, 11) is 1.66. The van der Waals surface area contributed by atoms with Crippen molar-refractivity contribution in [3.63, 3.8) is 0 Å². The van der Waals surface area contributed by atoms with Gasteiger partial charge in [-0.3, -0.25) is 0 Å². The molecule has 0 bridgehead atoms. The molecule has 0 aliphatic heterocycles. The van der Waals surface area contributed by atoms with Crippen LogP contribution in [0.15, 0.2) is 0 Å². The number of hydrogen-bond acceptors (Lipinski definition) is 2. The summed E-state index contributed by atoms with van der Waals surface area (Å²) in [5.41, 5.74) is -0.361. The Morgan fingerprint density at radius 3 is 1.55 bits per heavy atom. The molecule has 0 aliphatic rings. The summed E-state index contributed by atoms with van der Waals surface area (Å²) < 4.78 is 5.36. The average Bonchev–Trinajstić information content (AvgIpc) is 1.90. The first kappa shape index (κ1) is 10.9. The van der Waals surface area contributed by atoms with E-state index in [4.69, 9.17) is 4.74 Å². The SMILES string of the molecule is COC(CO)(C(C)C)C(C)C. The maximum absolute atomic E-state index is 9.19. The highest BCUT2D eigenvalue weighted by Gasteiger charge is 2.36. The molecule has 0 rings (SSSR count). The third-order valence-corrected chi connectivity index (χ3v) is 2.58. The third-order valence-electron chi connectivity index (χ3n) is 2.58. The highest BCUT2D eigenvalue weighted by molar-refractivity contribution is 4.86. The number of hydrogen-bond donors (Lipinski definition) is 1. The van der Waals surface area contributed by atoms with Crippen LogP contribution < -0.4 is 0 Å². The molecule has 0 radical (unpaired) electrons. The van der Waals surface area contributed by atoms with E-state index in [2.05, 4.69) is 27.7 Å². The Bertz CT molecular complexity index is 94.1. The van der Waals surface area contributed by atoms with Crippen LogP contribution in [-0.4, -0.2) is 24.4 Å². The zero-order valence-electron chi connectivity index (χ0n) is 8.22. The predicted molar refractivity (Wildman–Crippen MR) is 46.5 cm³/mol. The van der Waals surface area contributed by atoms with Crippen molar-refractivity contribution in [3.8, 4) is 0 Å². The Hall–Kier alpha value is -0.0800. The van der Waals surface area contributed by atoms with Gasteiger partial charge in [-0.25, -0.2) is 0 Å². The number of aliphatic hydroxyl groups excluding tert-OH is 1. The van der Waals surface area contributed by atoms with Crippen LogP contribution in [0.2, 0.25) is 0 Å². The molecule has 0 saturated heterocycles. The molecule has 11 heavy (non-hydrogen) atoms. The van der Waals surface area contributed by atoms with Gasteiger partial charge in [0.15, 0.2) is 0 Å². The molecule has 0 unspecified atom stereocenters. The highest BCUT2D eigenvalue weighted by atomic mass is 16.5. The molecule has 68 valence electrons. The van der Waals surface area contributed by atoms with Crippen molar-refractivity contribution < 1.29 is 9.84 Å². The van der Waals surface area contributed by atoms with Crippen LogP contribution in [-0.2, 0) is 4.74 Å². The minimum absolute atomic E-state index is 0.0961. The van der Waals surface area contributed by atoms with E-state index in [-0.39, 0.29) is 12.2 Å². The Morgan fingerprint density at radius 2 is 1.55 bits per heavy atom. The molecule has 1 N–H and O–H groups in total. The third kappa shape index (κ3) is 1.94. The lowest BCUT2D eigenvalue weighted by molar-refractivity contribution is -0.115. The quantitative estimate of drug-likeness (QED) is 0.678. The lowest BCUT2D eigenvalue weighted by Gasteiger charge is -2.38. The zero-order valence-corrected chi connectivity index (χ0v) is 8.22. The van der Waals surface area contributed by atoms with Gasteiger partial charge in [-0.2, -0.15) is 0 Å². The second-order valence-electron chi connectivity index (χ2n) is 3.63. The molecule has 0 atom stereocenters. The number of methoxy groups -OCH3 is 1. The first-order chi connectivity index (χ1) is 5.01. The van der Waals surface area contributed by atoms with E-state index < -0.39 is 0 Å². The molecule has 0 aromatic heterocycles. The predicted octanol–water partition coefficient (Wildman–Crippen LogP) is 1.68. The Labute approximate surface area is 69.6 Å². The van der Waals surface area contributed by atoms with Gasteiger partial charge in [0, 0.05) is 7.11 Å². The number of aliphatic hydroxyl groups is 1. The molecule has 0 aliphatic carbocycles. The summed E-state index contributed by atoms with van der Waals surface area (Å²) in [6.07, 6.45) is 0. The number of rotatable bonds is 4. The lowest BCUT2D eigenvalue weighted by atomic mass is 9.81. The first-order valence-corrected chi connectivity index (χ1v) is 4.17. The zero-order chi connectivity index (χ0) is 9.07. The molecule has 0 aromatic carbocycles. The highest BCUT2D eigenvalue weighted by Crippen LogP contribution is 2.28. The molecule has 0 heterocycles. The van der Waals surface area contributed by atoms with Crippen LogP contribution in [0.5, 0.6) is 0 Å². The Kier molecular flexibility index (Phi) is 4.04. The van der Waals surface area contributed by atoms with Gasteiger partial charge < -0.3 is 9.84 Å². The van der Waals surface area contributed by atoms with Crippen molar-refractivity contribution in [2.24, 2.45) is 11.8 Å². The molecule has 2 nitrogen and oxygen atoms in total. The second kappa shape index (κ2) is 4.07. The minimum Gasteiger partial charge on any atom is -0.393 e. The number of ether oxygens (including phenoxy) is 1. The van der Waals surface area contributed by atoms with Crippen molar-refractivity contribution in [2.45, 2.75) is 33.3 Å². The minimum atomic E-state index is -0.361. The molecule has 0 saturated carbocycles.